The minimum absolute atomic E-state index is 0.509. The summed E-state index contributed by atoms with van der Waals surface area (Å²) in [6, 6.07) is 0. The van der Waals surface area contributed by atoms with Crippen molar-refractivity contribution >= 4 is 0 Å². The first-order valence-electron chi connectivity index (χ1n) is 9.71. The second kappa shape index (κ2) is 10.3. The third kappa shape index (κ3) is 6.28. The number of rotatable bonds is 8. The molecule has 0 heterocycles. The molecule has 1 heteroatoms. The van der Waals surface area contributed by atoms with Crippen molar-refractivity contribution in [1.82, 2.24) is 0 Å². The molecule has 0 N–H and O–H groups in total. The van der Waals surface area contributed by atoms with Gasteiger partial charge < -0.3 is 4.74 Å². The van der Waals surface area contributed by atoms with E-state index in [4.69, 9.17) is 4.74 Å². The summed E-state index contributed by atoms with van der Waals surface area (Å²) in [5.41, 5.74) is 0. The number of hydrogen-bond donors (Lipinski definition) is 0. The Balaban J connectivity index is 1.56. The molecule has 126 valence electrons. The van der Waals surface area contributed by atoms with Crippen LogP contribution in [0.25, 0.3) is 0 Å². The smallest absolute Gasteiger partial charge is 0.0648 e. The van der Waals surface area contributed by atoms with Gasteiger partial charge in [-0.25, -0.2) is 0 Å². The fourth-order valence-corrected chi connectivity index (χ4v) is 4.26. The second-order valence-electron chi connectivity index (χ2n) is 7.46. The van der Waals surface area contributed by atoms with Crippen molar-refractivity contribution in [3.05, 3.63) is 24.8 Å². The lowest BCUT2D eigenvalue weighted by molar-refractivity contribution is 0.0327. The Morgan fingerprint density at radius 3 is 2.05 bits per heavy atom. The van der Waals surface area contributed by atoms with Gasteiger partial charge in [0.15, 0.2) is 0 Å². The van der Waals surface area contributed by atoms with Crippen LogP contribution in [0, 0.1) is 17.8 Å². The molecule has 0 saturated heterocycles. The summed E-state index contributed by atoms with van der Waals surface area (Å²) in [4.78, 5) is 0. The lowest BCUT2D eigenvalue weighted by Crippen LogP contribution is -2.22. The zero-order valence-corrected chi connectivity index (χ0v) is 14.6. The third-order valence-electron chi connectivity index (χ3n) is 5.76. The molecule has 0 unspecified atom stereocenters. The normalized spacial score (nSPS) is 33.1. The molecule has 0 amide bonds. The topological polar surface area (TPSA) is 9.23 Å². The van der Waals surface area contributed by atoms with Gasteiger partial charge in [0, 0.05) is 0 Å². The minimum Gasteiger partial charge on any atom is -0.374 e. The summed E-state index contributed by atoms with van der Waals surface area (Å²) in [5, 5.41) is 0. The summed E-state index contributed by atoms with van der Waals surface area (Å²) in [6.07, 6.45) is 22.5. The predicted octanol–water partition coefficient (Wildman–Crippen LogP) is 6.30. The van der Waals surface area contributed by atoms with Crippen molar-refractivity contribution in [1.29, 1.82) is 0 Å². The fourth-order valence-electron chi connectivity index (χ4n) is 4.26. The van der Waals surface area contributed by atoms with Gasteiger partial charge in [0.2, 0.25) is 0 Å². The molecule has 2 rings (SSSR count). The molecule has 2 fully saturated rings. The maximum absolute atomic E-state index is 5.79. The molecule has 2 aliphatic carbocycles. The zero-order chi connectivity index (χ0) is 15.6. The average molecular weight is 305 g/mol. The number of ether oxygens (including phenoxy) is 1. The third-order valence-corrected chi connectivity index (χ3v) is 5.76. The highest BCUT2D eigenvalue weighted by molar-refractivity contribution is 4.90. The molecule has 0 aromatic heterocycles. The molecule has 0 aromatic rings. The summed E-state index contributed by atoms with van der Waals surface area (Å²) >= 11 is 0. The molecular weight excluding hydrogens is 268 g/mol. The summed E-state index contributed by atoms with van der Waals surface area (Å²) < 4.78 is 5.79. The van der Waals surface area contributed by atoms with Crippen LogP contribution in [0.5, 0.6) is 0 Å². The van der Waals surface area contributed by atoms with E-state index >= 15 is 0 Å². The van der Waals surface area contributed by atoms with Gasteiger partial charge in [-0.3, -0.25) is 0 Å². The van der Waals surface area contributed by atoms with Gasteiger partial charge in [-0.1, -0.05) is 38.0 Å². The fraction of sp³-hybridized carbons (Fsp3) is 0.810. The Labute approximate surface area is 138 Å². The van der Waals surface area contributed by atoms with E-state index in [-0.39, 0.29) is 0 Å². The van der Waals surface area contributed by atoms with E-state index in [9.17, 15) is 0 Å². The lowest BCUT2D eigenvalue weighted by Gasteiger charge is -2.31. The maximum atomic E-state index is 5.79. The van der Waals surface area contributed by atoms with E-state index in [2.05, 4.69) is 25.7 Å². The average Bonchev–Trinajstić information content (AvgIpc) is 2.58. The molecule has 0 atom stereocenters. The molecule has 2 aliphatic rings. The number of hydrogen-bond acceptors (Lipinski definition) is 1. The van der Waals surface area contributed by atoms with Crippen molar-refractivity contribution in [2.24, 2.45) is 17.8 Å². The Hall–Kier alpha value is -0.560. The van der Waals surface area contributed by atoms with Crippen molar-refractivity contribution in [2.45, 2.75) is 83.7 Å². The quantitative estimate of drug-likeness (QED) is 0.478. The summed E-state index contributed by atoms with van der Waals surface area (Å²) in [7, 11) is 0. The van der Waals surface area contributed by atoms with E-state index in [0.29, 0.717) is 6.10 Å². The van der Waals surface area contributed by atoms with Gasteiger partial charge in [-0.2, -0.15) is 0 Å². The van der Waals surface area contributed by atoms with Crippen molar-refractivity contribution < 1.29 is 4.74 Å². The lowest BCUT2D eigenvalue weighted by atomic mass is 9.77. The van der Waals surface area contributed by atoms with Gasteiger partial charge in [-0.15, -0.1) is 6.58 Å². The van der Waals surface area contributed by atoms with Crippen LogP contribution in [-0.2, 0) is 4.74 Å². The molecule has 1 nitrogen and oxygen atoms in total. The Kier molecular flexibility index (Phi) is 8.30. The first-order chi connectivity index (χ1) is 10.8. The standard InChI is InChI=1S/C21H36O/c1-3-5-6-18-7-9-19(10-8-18)11-12-20-13-15-21(16-14-20)22-17-4-2/h4-6,18-21H,2-3,7-17H2,1H3/t18-,19-,20-,21-. The van der Waals surface area contributed by atoms with Gasteiger partial charge in [0.1, 0.15) is 0 Å². The van der Waals surface area contributed by atoms with Gasteiger partial charge in [0.05, 0.1) is 12.7 Å². The van der Waals surface area contributed by atoms with Crippen LogP contribution >= 0.6 is 0 Å². The molecule has 0 bridgehead atoms. The van der Waals surface area contributed by atoms with Crippen molar-refractivity contribution in [3.8, 4) is 0 Å². The highest BCUT2D eigenvalue weighted by Crippen LogP contribution is 2.36. The highest BCUT2D eigenvalue weighted by Gasteiger charge is 2.24. The number of allylic oxidation sites excluding steroid dienone is 2. The highest BCUT2D eigenvalue weighted by atomic mass is 16.5. The van der Waals surface area contributed by atoms with E-state index < -0.39 is 0 Å². The predicted molar refractivity (Wildman–Crippen MR) is 96.0 cm³/mol. The summed E-state index contributed by atoms with van der Waals surface area (Å²) in [5.74, 6) is 2.87. The van der Waals surface area contributed by atoms with E-state index in [0.717, 1.165) is 24.4 Å². The van der Waals surface area contributed by atoms with E-state index in [1.807, 2.05) is 6.08 Å². The minimum atomic E-state index is 0.509. The summed E-state index contributed by atoms with van der Waals surface area (Å²) in [6.45, 7) is 6.70. The van der Waals surface area contributed by atoms with Gasteiger partial charge in [-0.05, 0) is 75.5 Å². The van der Waals surface area contributed by atoms with Gasteiger partial charge >= 0.3 is 0 Å². The van der Waals surface area contributed by atoms with Crippen LogP contribution in [0.1, 0.15) is 77.6 Å². The first kappa shape index (κ1) is 17.8. The Bertz CT molecular complexity index is 317. The van der Waals surface area contributed by atoms with Gasteiger partial charge in [0.25, 0.3) is 0 Å². The first-order valence-corrected chi connectivity index (χ1v) is 9.71. The largest absolute Gasteiger partial charge is 0.374 e. The SMILES string of the molecule is C=CCO[C@H]1CC[C@H](CC[C@H]2CC[C@H](C=CCC)CC2)CC1. The van der Waals surface area contributed by atoms with Crippen LogP contribution in [0.15, 0.2) is 24.8 Å². The molecule has 2 saturated carbocycles. The second-order valence-corrected chi connectivity index (χ2v) is 7.46. The maximum Gasteiger partial charge on any atom is 0.0648 e. The molecule has 0 radical (unpaired) electrons. The van der Waals surface area contributed by atoms with Crippen LogP contribution in [-0.4, -0.2) is 12.7 Å². The van der Waals surface area contributed by atoms with E-state index in [1.165, 1.54) is 70.6 Å². The molecule has 22 heavy (non-hydrogen) atoms. The van der Waals surface area contributed by atoms with Crippen molar-refractivity contribution in [2.75, 3.05) is 6.61 Å². The van der Waals surface area contributed by atoms with Crippen molar-refractivity contribution in [3.63, 3.8) is 0 Å². The monoisotopic (exact) mass is 304 g/mol. The van der Waals surface area contributed by atoms with Crippen LogP contribution in [0.4, 0.5) is 0 Å². The van der Waals surface area contributed by atoms with Crippen LogP contribution in [0.2, 0.25) is 0 Å². The van der Waals surface area contributed by atoms with Crippen LogP contribution in [0.3, 0.4) is 0 Å². The molecule has 0 spiro atoms. The molecule has 0 aliphatic heterocycles. The Morgan fingerprint density at radius 2 is 1.50 bits per heavy atom. The Morgan fingerprint density at radius 1 is 0.909 bits per heavy atom. The van der Waals surface area contributed by atoms with E-state index in [1.54, 1.807) is 0 Å². The zero-order valence-electron chi connectivity index (χ0n) is 14.6. The van der Waals surface area contributed by atoms with Crippen LogP contribution < -0.4 is 0 Å². The molecule has 0 aromatic carbocycles. The molecular formula is C21H36O.